The van der Waals surface area contributed by atoms with Crippen LogP contribution in [0.1, 0.15) is 32.1 Å². The van der Waals surface area contributed by atoms with E-state index in [1.54, 1.807) is 4.90 Å². The fraction of sp³-hybridized carbons (Fsp3) is 0.900. The SMILES string of the molecule is NC1(C(=O)N2CCCCC2CO)CC1. The van der Waals surface area contributed by atoms with Crippen molar-refractivity contribution in [3.8, 4) is 0 Å². The van der Waals surface area contributed by atoms with Crippen molar-refractivity contribution in [2.75, 3.05) is 13.2 Å². The van der Waals surface area contributed by atoms with Crippen molar-refractivity contribution in [2.24, 2.45) is 5.73 Å². The maximum Gasteiger partial charge on any atom is 0.242 e. The second-order valence-corrected chi connectivity index (χ2v) is 4.49. The van der Waals surface area contributed by atoms with Crippen LogP contribution in [0.4, 0.5) is 0 Å². The normalized spacial score (nSPS) is 30.1. The smallest absolute Gasteiger partial charge is 0.242 e. The van der Waals surface area contributed by atoms with Gasteiger partial charge in [-0.2, -0.15) is 0 Å². The summed E-state index contributed by atoms with van der Waals surface area (Å²) in [7, 11) is 0. The molecule has 1 amide bonds. The van der Waals surface area contributed by atoms with Crippen molar-refractivity contribution in [2.45, 2.75) is 43.7 Å². The molecular formula is C10H18N2O2. The van der Waals surface area contributed by atoms with Crippen molar-refractivity contribution in [1.29, 1.82) is 0 Å². The van der Waals surface area contributed by atoms with Crippen LogP contribution in [0, 0.1) is 0 Å². The number of likely N-dealkylation sites (tertiary alicyclic amines) is 1. The zero-order chi connectivity index (χ0) is 10.2. The molecule has 0 radical (unpaired) electrons. The molecule has 1 aliphatic heterocycles. The number of carbonyl (C=O) groups excluding carboxylic acids is 1. The highest BCUT2D eigenvalue weighted by molar-refractivity contribution is 5.89. The van der Waals surface area contributed by atoms with Gasteiger partial charge in [-0.05, 0) is 32.1 Å². The number of aliphatic hydroxyl groups excluding tert-OH is 1. The minimum absolute atomic E-state index is 0.0114. The summed E-state index contributed by atoms with van der Waals surface area (Å²) in [5, 5.41) is 9.16. The van der Waals surface area contributed by atoms with E-state index < -0.39 is 5.54 Å². The van der Waals surface area contributed by atoms with E-state index in [1.807, 2.05) is 0 Å². The van der Waals surface area contributed by atoms with E-state index in [2.05, 4.69) is 0 Å². The van der Waals surface area contributed by atoms with Crippen molar-refractivity contribution in [3.63, 3.8) is 0 Å². The molecule has 0 spiro atoms. The fourth-order valence-electron chi connectivity index (χ4n) is 2.09. The van der Waals surface area contributed by atoms with Crippen molar-refractivity contribution < 1.29 is 9.90 Å². The summed E-state index contributed by atoms with van der Waals surface area (Å²) in [6, 6.07) is 0.0114. The number of carbonyl (C=O) groups is 1. The molecule has 80 valence electrons. The second-order valence-electron chi connectivity index (χ2n) is 4.49. The van der Waals surface area contributed by atoms with Crippen LogP contribution in [0.2, 0.25) is 0 Å². The average Bonchev–Trinajstić information content (AvgIpc) is 2.97. The van der Waals surface area contributed by atoms with E-state index in [0.29, 0.717) is 0 Å². The van der Waals surface area contributed by atoms with Gasteiger partial charge in [0, 0.05) is 6.54 Å². The van der Waals surface area contributed by atoms with Crippen LogP contribution in [0.5, 0.6) is 0 Å². The molecule has 2 aliphatic rings. The molecule has 0 aromatic carbocycles. The van der Waals surface area contributed by atoms with Crippen LogP contribution in [0.15, 0.2) is 0 Å². The Morgan fingerprint density at radius 2 is 2.21 bits per heavy atom. The molecular weight excluding hydrogens is 180 g/mol. The van der Waals surface area contributed by atoms with Crippen LogP contribution >= 0.6 is 0 Å². The molecule has 2 fully saturated rings. The van der Waals surface area contributed by atoms with Gasteiger partial charge in [0.15, 0.2) is 0 Å². The number of nitrogens with zero attached hydrogens (tertiary/aromatic N) is 1. The lowest BCUT2D eigenvalue weighted by molar-refractivity contribution is -0.138. The summed E-state index contributed by atoms with van der Waals surface area (Å²) in [5.74, 6) is 0.0521. The Kier molecular flexibility index (Phi) is 2.49. The highest BCUT2D eigenvalue weighted by Crippen LogP contribution is 2.35. The maximum absolute atomic E-state index is 11.9. The van der Waals surface area contributed by atoms with Crippen molar-refractivity contribution in [3.05, 3.63) is 0 Å². The van der Waals surface area contributed by atoms with Gasteiger partial charge >= 0.3 is 0 Å². The molecule has 1 saturated heterocycles. The number of hydrogen-bond acceptors (Lipinski definition) is 3. The standard InChI is InChI=1S/C10H18N2O2/c11-10(4-5-10)9(14)12-6-2-1-3-8(12)7-13/h8,13H,1-7,11H2. The molecule has 0 aromatic rings. The Labute approximate surface area is 84.1 Å². The van der Waals surface area contributed by atoms with Crippen LogP contribution in [0.25, 0.3) is 0 Å². The lowest BCUT2D eigenvalue weighted by atomic mass is 10.0. The third-order valence-corrected chi connectivity index (χ3v) is 3.31. The quantitative estimate of drug-likeness (QED) is 0.648. The number of piperidine rings is 1. The summed E-state index contributed by atoms with van der Waals surface area (Å²) < 4.78 is 0. The molecule has 14 heavy (non-hydrogen) atoms. The van der Waals surface area contributed by atoms with E-state index in [4.69, 9.17) is 10.8 Å². The monoisotopic (exact) mass is 198 g/mol. The topological polar surface area (TPSA) is 66.6 Å². The summed E-state index contributed by atoms with van der Waals surface area (Å²) in [4.78, 5) is 13.7. The van der Waals surface area contributed by atoms with Crippen LogP contribution in [-0.2, 0) is 4.79 Å². The van der Waals surface area contributed by atoms with Gasteiger partial charge < -0.3 is 15.7 Å². The first-order valence-corrected chi connectivity index (χ1v) is 5.38. The molecule has 1 unspecified atom stereocenters. The van der Waals surface area contributed by atoms with Crippen molar-refractivity contribution in [1.82, 2.24) is 4.90 Å². The first-order valence-electron chi connectivity index (χ1n) is 5.38. The van der Waals surface area contributed by atoms with Gasteiger partial charge in [-0.3, -0.25) is 4.79 Å². The third kappa shape index (κ3) is 1.64. The van der Waals surface area contributed by atoms with Gasteiger partial charge in [0.2, 0.25) is 5.91 Å². The Bertz CT molecular complexity index is 238. The van der Waals surface area contributed by atoms with Gasteiger partial charge in [0.1, 0.15) is 0 Å². The van der Waals surface area contributed by atoms with Crippen LogP contribution in [0.3, 0.4) is 0 Å². The van der Waals surface area contributed by atoms with E-state index in [-0.39, 0.29) is 18.6 Å². The average molecular weight is 198 g/mol. The first-order chi connectivity index (χ1) is 6.67. The number of hydrogen-bond donors (Lipinski definition) is 2. The van der Waals surface area contributed by atoms with Gasteiger partial charge in [0.25, 0.3) is 0 Å². The number of rotatable bonds is 2. The molecule has 3 N–H and O–H groups in total. The molecule has 2 rings (SSSR count). The molecule has 4 heteroatoms. The number of aliphatic hydroxyl groups is 1. The Hall–Kier alpha value is -0.610. The molecule has 1 saturated carbocycles. The summed E-state index contributed by atoms with van der Waals surface area (Å²) in [6.45, 7) is 0.838. The van der Waals surface area contributed by atoms with Crippen molar-refractivity contribution >= 4 is 5.91 Å². The second kappa shape index (κ2) is 3.51. The minimum Gasteiger partial charge on any atom is -0.394 e. The lowest BCUT2D eigenvalue weighted by Crippen LogP contribution is -2.53. The molecule has 0 bridgehead atoms. The molecule has 1 aliphatic carbocycles. The third-order valence-electron chi connectivity index (χ3n) is 3.31. The van der Waals surface area contributed by atoms with Gasteiger partial charge in [0.05, 0.1) is 18.2 Å². The van der Waals surface area contributed by atoms with Crippen LogP contribution in [-0.4, -0.2) is 40.6 Å². The largest absolute Gasteiger partial charge is 0.394 e. The highest BCUT2D eigenvalue weighted by atomic mass is 16.3. The van der Waals surface area contributed by atoms with E-state index >= 15 is 0 Å². The zero-order valence-corrected chi connectivity index (χ0v) is 8.41. The van der Waals surface area contributed by atoms with E-state index in [1.165, 1.54) is 0 Å². The Balaban J connectivity index is 2.03. The number of nitrogens with two attached hydrogens (primary N) is 1. The molecule has 1 atom stereocenters. The summed E-state index contributed by atoms with van der Waals surface area (Å²) >= 11 is 0. The number of amides is 1. The molecule has 4 nitrogen and oxygen atoms in total. The lowest BCUT2D eigenvalue weighted by Gasteiger charge is -2.36. The maximum atomic E-state index is 11.9. The Morgan fingerprint density at radius 1 is 1.50 bits per heavy atom. The summed E-state index contributed by atoms with van der Waals surface area (Å²) in [5.41, 5.74) is 5.29. The zero-order valence-electron chi connectivity index (χ0n) is 8.41. The van der Waals surface area contributed by atoms with Gasteiger partial charge in [-0.1, -0.05) is 0 Å². The van der Waals surface area contributed by atoms with Gasteiger partial charge in [-0.25, -0.2) is 0 Å². The summed E-state index contributed by atoms with van der Waals surface area (Å²) in [6.07, 6.45) is 4.67. The Morgan fingerprint density at radius 3 is 2.79 bits per heavy atom. The molecule has 1 heterocycles. The predicted octanol–water partition coefficient (Wildman–Crippen LogP) is -0.149. The highest BCUT2D eigenvalue weighted by Gasteiger charge is 2.49. The van der Waals surface area contributed by atoms with Crippen LogP contribution < -0.4 is 5.73 Å². The molecule has 0 aromatic heterocycles. The van der Waals surface area contributed by atoms with Gasteiger partial charge in [-0.15, -0.1) is 0 Å². The first kappa shape index (κ1) is 9.93. The fourth-order valence-corrected chi connectivity index (χ4v) is 2.09. The minimum atomic E-state index is -0.579. The predicted molar refractivity (Wildman–Crippen MR) is 52.6 cm³/mol. The van der Waals surface area contributed by atoms with E-state index in [9.17, 15) is 4.79 Å². The van der Waals surface area contributed by atoms with E-state index in [0.717, 1.165) is 38.6 Å².